The van der Waals surface area contributed by atoms with Gasteiger partial charge in [-0.1, -0.05) is 6.58 Å². The first-order valence-corrected chi connectivity index (χ1v) is 6.08. The van der Waals surface area contributed by atoms with E-state index in [4.69, 9.17) is 4.74 Å². The molecule has 0 spiro atoms. The standard InChI is InChI=1S/C13H22N2O4/c1-6-10(16)14-8-7-11(17)15-9(2)12(18)19-13(3,4)5/h6,9H,1,7-8H2,2-5H3,(H,14,16)(H,15,17)/t9-/m0/s1. The summed E-state index contributed by atoms with van der Waals surface area (Å²) >= 11 is 0. The van der Waals surface area contributed by atoms with E-state index in [0.717, 1.165) is 6.08 Å². The summed E-state index contributed by atoms with van der Waals surface area (Å²) in [7, 11) is 0. The van der Waals surface area contributed by atoms with Gasteiger partial charge < -0.3 is 15.4 Å². The fourth-order valence-electron chi connectivity index (χ4n) is 1.13. The van der Waals surface area contributed by atoms with Crippen LogP contribution in [-0.2, 0) is 19.1 Å². The first-order chi connectivity index (χ1) is 8.65. The molecule has 0 rings (SSSR count). The van der Waals surface area contributed by atoms with Gasteiger partial charge in [-0.2, -0.15) is 0 Å². The van der Waals surface area contributed by atoms with E-state index in [-0.39, 0.29) is 24.8 Å². The van der Waals surface area contributed by atoms with Crippen LogP contribution in [0.1, 0.15) is 34.1 Å². The van der Waals surface area contributed by atoms with Gasteiger partial charge in [-0.15, -0.1) is 0 Å². The summed E-state index contributed by atoms with van der Waals surface area (Å²) in [6.45, 7) is 10.3. The summed E-state index contributed by atoms with van der Waals surface area (Å²) in [5.41, 5.74) is -0.589. The molecule has 2 amide bonds. The molecule has 0 aliphatic heterocycles. The van der Waals surface area contributed by atoms with Crippen LogP contribution in [0, 0.1) is 0 Å². The van der Waals surface area contributed by atoms with Crippen LogP contribution in [-0.4, -0.2) is 36.0 Å². The Balaban J connectivity index is 4.02. The van der Waals surface area contributed by atoms with E-state index in [9.17, 15) is 14.4 Å². The highest BCUT2D eigenvalue weighted by atomic mass is 16.6. The van der Waals surface area contributed by atoms with Gasteiger partial charge in [0.15, 0.2) is 0 Å². The molecule has 0 aliphatic carbocycles. The molecule has 0 aromatic heterocycles. The van der Waals surface area contributed by atoms with Crippen molar-refractivity contribution in [2.75, 3.05) is 6.54 Å². The van der Waals surface area contributed by atoms with Crippen LogP contribution >= 0.6 is 0 Å². The van der Waals surface area contributed by atoms with Crippen LogP contribution in [0.2, 0.25) is 0 Å². The monoisotopic (exact) mass is 270 g/mol. The lowest BCUT2D eigenvalue weighted by Crippen LogP contribution is -2.43. The SMILES string of the molecule is C=CC(=O)NCCC(=O)N[C@@H](C)C(=O)OC(C)(C)C. The summed E-state index contributed by atoms with van der Waals surface area (Å²) in [4.78, 5) is 33.9. The molecule has 0 saturated heterocycles. The minimum atomic E-state index is -0.721. The van der Waals surface area contributed by atoms with Gasteiger partial charge in [-0.25, -0.2) is 4.79 Å². The van der Waals surface area contributed by atoms with E-state index in [1.165, 1.54) is 0 Å². The number of amides is 2. The summed E-state index contributed by atoms with van der Waals surface area (Å²) < 4.78 is 5.12. The average molecular weight is 270 g/mol. The highest BCUT2D eigenvalue weighted by molar-refractivity contribution is 5.88. The second-order valence-electron chi connectivity index (χ2n) is 5.07. The number of hydrogen-bond acceptors (Lipinski definition) is 4. The third-order valence-electron chi connectivity index (χ3n) is 1.97. The van der Waals surface area contributed by atoms with Crippen LogP contribution in [0.3, 0.4) is 0 Å². The maximum absolute atomic E-state index is 11.6. The van der Waals surface area contributed by atoms with Crippen molar-refractivity contribution in [3.63, 3.8) is 0 Å². The Morgan fingerprint density at radius 2 is 1.89 bits per heavy atom. The molecular formula is C13H22N2O4. The molecular weight excluding hydrogens is 248 g/mol. The highest BCUT2D eigenvalue weighted by Gasteiger charge is 2.22. The summed E-state index contributed by atoms with van der Waals surface area (Å²) in [5.74, 6) is -1.16. The van der Waals surface area contributed by atoms with Crippen molar-refractivity contribution >= 4 is 17.8 Å². The molecule has 0 aliphatic rings. The van der Waals surface area contributed by atoms with Crippen molar-refractivity contribution in [3.8, 4) is 0 Å². The number of nitrogens with one attached hydrogen (secondary N) is 2. The Bertz CT molecular complexity index is 358. The van der Waals surface area contributed by atoms with Gasteiger partial charge in [-0.05, 0) is 33.8 Å². The molecule has 6 heteroatoms. The lowest BCUT2D eigenvalue weighted by molar-refractivity contribution is -0.158. The van der Waals surface area contributed by atoms with Gasteiger partial charge in [0.2, 0.25) is 11.8 Å². The Kier molecular flexibility index (Phi) is 6.82. The van der Waals surface area contributed by atoms with Crippen LogP contribution in [0.5, 0.6) is 0 Å². The van der Waals surface area contributed by atoms with Gasteiger partial charge in [0.05, 0.1) is 0 Å². The van der Waals surface area contributed by atoms with E-state index in [1.807, 2.05) is 0 Å². The minimum absolute atomic E-state index is 0.0900. The third kappa shape index (κ3) is 8.82. The first kappa shape index (κ1) is 17.2. The van der Waals surface area contributed by atoms with Gasteiger partial charge in [0, 0.05) is 13.0 Å². The minimum Gasteiger partial charge on any atom is -0.458 e. The van der Waals surface area contributed by atoms with Crippen molar-refractivity contribution in [2.24, 2.45) is 0 Å². The van der Waals surface area contributed by atoms with Gasteiger partial charge in [-0.3, -0.25) is 9.59 Å². The van der Waals surface area contributed by atoms with E-state index in [0.29, 0.717) is 0 Å². The van der Waals surface area contributed by atoms with Crippen molar-refractivity contribution in [3.05, 3.63) is 12.7 Å². The van der Waals surface area contributed by atoms with Crippen LogP contribution in [0.15, 0.2) is 12.7 Å². The molecule has 0 aromatic carbocycles. The topological polar surface area (TPSA) is 84.5 Å². The van der Waals surface area contributed by atoms with Crippen LogP contribution < -0.4 is 10.6 Å². The molecule has 0 heterocycles. The number of rotatable bonds is 6. The largest absolute Gasteiger partial charge is 0.458 e. The molecule has 0 radical (unpaired) electrons. The Hall–Kier alpha value is -1.85. The quantitative estimate of drug-likeness (QED) is 0.544. The molecule has 6 nitrogen and oxygen atoms in total. The zero-order chi connectivity index (χ0) is 15.1. The number of carbonyl (C=O) groups excluding carboxylic acids is 3. The zero-order valence-electron chi connectivity index (χ0n) is 11.9. The number of ether oxygens (including phenoxy) is 1. The molecule has 108 valence electrons. The second-order valence-corrected chi connectivity index (χ2v) is 5.07. The molecule has 1 atom stereocenters. The van der Waals surface area contributed by atoms with Gasteiger partial charge in [0.1, 0.15) is 11.6 Å². The highest BCUT2D eigenvalue weighted by Crippen LogP contribution is 2.08. The summed E-state index contributed by atoms with van der Waals surface area (Å²) in [5, 5.41) is 4.97. The lowest BCUT2D eigenvalue weighted by Gasteiger charge is -2.22. The molecule has 19 heavy (non-hydrogen) atoms. The smallest absolute Gasteiger partial charge is 0.328 e. The fourth-order valence-corrected chi connectivity index (χ4v) is 1.13. The Morgan fingerprint density at radius 1 is 1.32 bits per heavy atom. The van der Waals surface area contributed by atoms with E-state index >= 15 is 0 Å². The normalized spacial score (nSPS) is 12.2. The molecule has 0 bridgehead atoms. The molecule has 2 N–H and O–H groups in total. The fraction of sp³-hybridized carbons (Fsp3) is 0.615. The zero-order valence-corrected chi connectivity index (χ0v) is 11.9. The Labute approximate surface area is 113 Å². The molecule has 0 saturated carbocycles. The first-order valence-electron chi connectivity index (χ1n) is 6.08. The lowest BCUT2D eigenvalue weighted by atomic mass is 10.2. The van der Waals surface area contributed by atoms with Crippen molar-refractivity contribution in [1.82, 2.24) is 10.6 Å². The van der Waals surface area contributed by atoms with E-state index < -0.39 is 17.6 Å². The number of hydrogen-bond donors (Lipinski definition) is 2. The van der Waals surface area contributed by atoms with Gasteiger partial charge in [0.25, 0.3) is 0 Å². The summed E-state index contributed by atoms with van der Waals surface area (Å²) in [6, 6.07) is -0.721. The van der Waals surface area contributed by atoms with Crippen LogP contribution in [0.25, 0.3) is 0 Å². The predicted octanol–water partition coefficient (Wildman–Crippen LogP) is 0.525. The van der Waals surface area contributed by atoms with Gasteiger partial charge >= 0.3 is 5.97 Å². The van der Waals surface area contributed by atoms with E-state index in [2.05, 4.69) is 17.2 Å². The Morgan fingerprint density at radius 3 is 2.37 bits per heavy atom. The average Bonchev–Trinajstić information content (AvgIpc) is 2.26. The van der Waals surface area contributed by atoms with Crippen LogP contribution in [0.4, 0.5) is 0 Å². The summed E-state index contributed by atoms with van der Waals surface area (Å²) in [6.07, 6.45) is 1.22. The molecule has 0 unspecified atom stereocenters. The van der Waals surface area contributed by atoms with Crippen molar-refractivity contribution in [1.29, 1.82) is 0 Å². The predicted molar refractivity (Wildman–Crippen MR) is 71.3 cm³/mol. The van der Waals surface area contributed by atoms with Crippen molar-refractivity contribution in [2.45, 2.75) is 45.8 Å². The maximum Gasteiger partial charge on any atom is 0.328 e. The van der Waals surface area contributed by atoms with Crippen molar-refractivity contribution < 1.29 is 19.1 Å². The maximum atomic E-state index is 11.6. The third-order valence-corrected chi connectivity index (χ3v) is 1.97. The number of carbonyl (C=O) groups is 3. The molecule has 0 aromatic rings. The number of esters is 1. The molecule has 0 fully saturated rings. The van der Waals surface area contributed by atoms with E-state index in [1.54, 1.807) is 27.7 Å². The second kappa shape index (κ2) is 7.56.